The summed E-state index contributed by atoms with van der Waals surface area (Å²) in [6.45, 7) is 5.96. The molecule has 1 N–H and O–H groups in total. The highest BCUT2D eigenvalue weighted by Gasteiger charge is 2.40. The van der Waals surface area contributed by atoms with Crippen LogP contribution in [-0.4, -0.2) is 17.9 Å². The van der Waals surface area contributed by atoms with E-state index in [4.69, 9.17) is 10.00 Å². The van der Waals surface area contributed by atoms with E-state index in [9.17, 15) is 9.59 Å². The lowest BCUT2D eigenvalue weighted by atomic mass is 10.0. The fraction of sp³-hybridized carbons (Fsp3) is 0.179. The zero-order chi connectivity index (χ0) is 24.2. The van der Waals surface area contributed by atoms with Crippen LogP contribution < -0.4 is 15.0 Å². The Morgan fingerprint density at radius 3 is 2.12 bits per heavy atom. The molecule has 0 spiro atoms. The molecule has 0 saturated heterocycles. The van der Waals surface area contributed by atoms with Crippen molar-refractivity contribution in [3.8, 4) is 11.8 Å². The number of amides is 2. The second-order valence-electron chi connectivity index (χ2n) is 8.22. The predicted octanol–water partition coefficient (Wildman–Crippen LogP) is 5.30. The molecule has 1 aliphatic rings. The molecular weight excluding hydrogens is 426 g/mol. The largest absolute Gasteiger partial charge is 0.491 e. The Morgan fingerprint density at radius 1 is 0.912 bits per heavy atom. The highest BCUT2D eigenvalue weighted by Crippen LogP contribution is 2.34. The molecule has 34 heavy (non-hydrogen) atoms. The molecule has 0 radical (unpaired) electrons. The highest BCUT2D eigenvalue weighted by molar-refractivity contribution is 6.46. The predicted molar refractivity (Wildman–Crippen MR) is 132 cm³/mol. The van der Waals surface area contributed by atoms with Crippen LogP contribution >= 0.6 is 0 Å². The van der Waals surface area contributed by atoms with Gasteiger partial charge < -0.3 is 10.1 Å². The van der Waals surface area contributed by atoms with Gasteiger partial charge in [-0.2, -0.15) is 5.26 Å². The number of nitriles is 1. The van der Waals surface area contributed by atoms with Crippen LogP contribution in [0, 0.1) is 11.3 Å². The van der Waals surface area contributed by atoms with Crippen molar-refractivity contribution in [1.29, 1.82) is 5.26 Å². The van der Waals surface area contributed by atoms with Crippen LogP contribution in [0.5, 0.6) is 5.75 Å². The van der Waals surface area contributed by atoms with Gasteiger partial charge in [-0.05, 0) is 79.9 Å². The molecule has 170 valence electrons. The Kier molecular flexibility index (Phi) is 6.46. The molecule has 6 nitrogen and oxygen atoms in total. The van der Waals surface area contributed by atoms with Gasteiger partial charge in [-0.1, -0.05) is 31.2 Å². The van der Waals surface area contributed by atoms with Gasteiger partial charge in [0.15, 0.2) is 0 Å². The van der Waals surface area contributed by atoms with Crippen LogP contribution in [0.25, 0.3) is 5.57 Å². The number of rotatable bonds is 7. The minimum absolute atomic E-state index is 0.0231. The molecule has 3 aromatic rings. The highest BCUT2D eigenvalue weighted by atomic mass is 16.5. The molecule has 4 rings (SSSR count). The standard InChI is InChI=1S/C28H25N3O3/c1-4-19-5-11-22(12-6-19)30-26-25(21-9-15-24(16-10-21)34-18(2)3)27(32)31(28(26)33)23-13-7-20(17-29)8-14-23/h5-16,18,30H,4H2,1-3H3. The van der Waals surface area contributed by atoms with Gasteiger partial charge in [-0.25, -0.2) is 4.90 Å². The first-order valence-electron chi connectivity index (χ1n) is 11.2. The van der Waals surface area contributed by atoms with E-state index < -0.39 is 11.8 Å². The lowest BCUT2D eigenvalue weighted by Crippen LogP contribution is -2.32. The van der Waals surface area contributed by atoms with E-state index in [0.29, 0.717) is 28.3 Å². The fourth-order valence-electron chi connectivity index (χ4n) is 3.77. The van der Waals surface area contributed by atoms with Crippen LogP contribution in [-0.2, 0) is 16.0 Å². The van der Waals surface area contributed by atoms with Gasteiger partial charge in [0.25, 0.3) is 11.8 Å². The monoisotopic (exact) mass is 451 g/mol. The van der Waals surface area contributed by atoms with E-state index >= 15 is 0 Å². The number of benzene rings is 3. The van der Waals surface area contributed by atoms with Crippen molar-refractivity contribution in [2.45, 2.75) is 33.3 Å². The number of nitrogens with one attached hydrogen (secondary N) is 1. The van der Waals surface area contributed by atoms with Crippen molar-refractivity contribution in [1.82, 2.24) is 0 Å². The minimum atomic E-state index is -0.452. The summed E-state index contributed by atoms with van der Waals surface area (Å²) in [7, 11) is 0. The van der Waals surface area contributed by atoms with E-state index in [1.165, 1.54) is 5.56 Å². The third-order valence-electron chi connectivity index (χ3n) is 5.48. The van der Waals surface area contributed by atoms with Crippen LogP contribution in [0.4, 0.5) is 11.4 Å². The first-order valence-corrected chi connectivity index (χ1v) is 11.2. The van der Waals surface area contributed by atoms with E-state index in [1.54, 1.807) is 48.5 Å². The second kappa shape index (κ2) is 9.63. The van der Waals surface area contributed by atoms with Gasteiger partial charge in [0.05, 0.1) is 29.0 Å². The molecule has 0 aromatic heterocycles. The van der Waals surface area contributed by atoms with Crippen LogP contribution in [0.1, 0.15) is 37.5 Å². The van der Waals surface area contributed by atoms with Crippen molar-refractivity contribution < 1.29 is 14.3 Å². The van der Waals surface area contributed by atoms with E-state index in [-0.39, 0.29) is 17.4 Å². The number of ether oxygens (including phenoxy) is 1. The first kappa shape index (κ1) is 22.8. The number of aryl methyl sites for hydroxylation is 1. The summed E-state index contributed by atoms with van der Waals surface area (Å²) < 4.78 is 5.72. The Bertz CT molecular complexity index is 1280. The molecule has 0 fully saturated rings. The number of imide groups is 1. The maximum atomic E-state index is 13.5. The Morgan fingerprint density at radius 2 is 1.56 bits per heavy atom. The maximum absolute atomic E-state index is 13.5. The average Bonchev–Trinajstić information content (AvgIpc) is 3.09. The Hall–Kier alpha value is -4.37. The van der Waals surface area contributed by atoms with Gasteiger partial charge in [0.1, 0.15) is 11.4 Å². The molecule has 1 aliphatic heterocycles. The van der Waals surface area contributed by atoms with Gasteiger partial charge in [-0.3, -0.25) is 9.59 Å². The number of hydrogen-bond acceptors (Lipinski definition) is 5. The molecular formula is C28H25N3O3. The van der Waals surface area contributed by atoms with Gasteiger partial charge in [-0.15, -0.1) is 0 Å². The van der Waals surface area contributed by atoms with Crippen molar-refractivity contribution in [3.05, 3.63) is 95.2 Å². The van der Waals surface area contributed by atoms with Crippen LogP contribution in [0.3, 0.4) is 0 Å². The summed E-state index contributed by atoms with van der Waals surface area (Å²) in [5.41, 5.74) is 3.84. The van der Waals surface area contributed by atoms with E-state index in [1.807, 2.05) is 44.2 Å². The summed E-state index contributed by atoms with van der Waals surface area (Å²) in [4.78, 5) is 28.2. The van der Waals surface area contributed by atoms with Crippen molar-refractivity contribution in [2.24, 2.45) is 0 Å². The molecule has 0 aliphatic carbocycles. The summed E-state index contributed by atoms with van der Waals surface area (Å²) in [5, 5.41) is 12.3. The molecule has 1 heterocycles. The number of carbonyl (C=O) groups is 2. The van der Waals surface area contributed by atoms with Crippen molar-refractivity contribution >= 4 is 28.8 Å². The molecule has 2 amide bonds. The number of hydrogen-bond donors (Lipinski definition) is 1. The van der Waals surface area contributed by atoms with Gasteiger partial charge in [0, 0.05) is 5.69 Å². The van der Waals surface area contributed by atoms with Crippen molar-refractivity contribution in [3.63, 3.8) is 0 Å². The topological polar surface area (TPSA) is 82.4 Å². The molecule has 0 saturated carbocycles. The lowest BCUT2D eigenvalue weighted by Gasteiger charge is -2.15. The maximum Gasteiger partial charge on any atom is 0.282 e. The Labute approximate surface area is 199 Å². The van der Waals surface area contributed by atoms with Gasteiger partial charge in [0.2, 0.25) is 0 Å². The van der Waals surface area contributed by atoms with Crippen LogP contribution in [0.15, 0.2) is 78.5 Å². The van der Waals surface area contributed by atoms with Crippen LogP contribution in [0.2, 0.25) is 0 Å². The number of nitrogens with zero attached hydrogens (tertiary/aromatic N) is 2. The molecule has 0 atom stereocenters. The summed E-state index contributed by atoms with van der Waals surface area (Å²) in [6, 6.07) is 23.3. The zero-order valence-corrected chi connectivity index (χ0v) is 19.3. The van der Waals surface area contributed by atoms with E-state index in [2.05, 4.69) is 12.2 Å². The number of carbonyl (C=O) groups excluding carboxylic acids is 2. The minimum Gasteiger partial charge on any atom is -0.491 e. The van der Waals surface area contributed by atoms with E-state index in [0.717, 1.165) is 11.3 Å². The third kappa shape index (κ3) is 4.55. The molecule has 3 aromatic carbocycles. The molecule has 0 bridgehead atoms. The van der Waals surface area contributed by atoms with Crippen molar-refractivity contribution in [2.75, 3.05) is 10.2 Å². The first-order chi connectivity index (χ1) is 16.4. The summed E-state index contributed by atoms with van der Waals surface area (Å²) in [6.07, 6.45) is 0.929. The zero-order valence-electron chi connectivity index (χ0n) is 19.3. The Balaban J connectivity index is 1.75. The smallest absolute Gasteiger partial charge is 0.282 e. The van der Waals surface area contributed by atoms with Gasteiger partial charge >= 0.3 is 0 Å². The molecule has 0 unspecified atom stereocenters. The fourth-order valence-corrected chi connectivity index (χ4v) is 3.77. The average molecular weight is 452 g/mol. The molecule has 6 heteroatoms. The quantitative estimate of drug-likeness (QED) is 0.493. The third-order valence-corrected chi connectivity index (χ3v) is 5.48. The number of anilines is 2. The summed E-state index contributed by atoms with van der Waals surface area (Å²) in [5.74, 6) is -0.198. The second-order valence-corrected chi connectivity index (χ2v) is 8.22. The normalized spacial score (nSPS) is 13.4. The SMILES string of the molecule is CCc1ccc(NC2=C(c3ccc(OC(C)C)cc3)C(=O)N(c3ccc(C#N)cc3)C2=O)cc1. The summed E-state index contributed by atoms with van der Waals surface area (Å²) >= 11 is 0. The lowest BCUT2D eigenvalue weighted by molar-refractivity contribution is -0.120.